The molecule has 1 aromatic carbocycles. The van der Waals surface area contributed by atoms with Crippen LogP contribution in [0.5, 0.6) is 0 Å². The molecule has 1 aromatic rings. The molecule has 1 saturated carbocycles. The van der Waals surface area contributed by atoms with Crippen molar-refractivity contribution in [2.75, 3.05) is 5.75 Å². The summed E-state index contributed by atoms with van der Waals surface area (Å²) in [5.41, 5.74) is 0.884. The van der Waals surface area contributed by atoms with Gasteiger partial charge in [-0.25, -0.2) is 0 Å². The number of aliphatic hydroxyl groups excluding tert-OH is 1. The van der Waals surface area contributed by atoms with Crippen molar-refractivity contribution >= 4 is 23.4 Å². The molecular weight excluding hydrogens is 240 g/mol. The van der Waals surface area contributed by atoms with E-state index in [1.165, 1.54) is 31.4 Å². The highest BCUT2D eigenvalue weighted by molar-refractivity contribution is 7.99. The largest absolute Gasteiger partial charge is 0.392 e. The lowest BCUT2D eigenvalue weighted by Crippen LogP contribution is -1.96. The highest BCUT2D eigenvalue weighted by Crippen LogP contribution is 2.34. The zero-order chi connectivity index (χ0) is 11.4. The lowest BCUT2D eigenvalue weighted by atomic mass is 10.1. The number of hydrogen-bond acceptors (Lipinski definition) is 2. The van der Waals surface area contributed by atoms with Crippen molar-refractivity contribution in [1.82, 2.24) is 0 Å². The predicted molar refractivity (Wildman–Crippen MR) is 70.1 cm³/mol. The number of rotatable bonds is 4. The fourth-order valence-electron chi connectivity index (χ4n) is 2.14. The summed E-state index contributed by atoms with van der Waals surface area (Å²) in [6, 6.07) is 5.83. The Labute approximate surface area is 106 Å². The van der Waals surface area contributed by atoms with Crippen molar-refractivity contribution in [3.63, 3.8) is 0 Å². The number of hydrogen-bond donors (Lipinski definition) is 1. The van der Waals surface area contributed by atoms with Gasteiger partial charge in [0, 0.05) is 10.6 Å². The number of thioether (sulfide) groups is 1. The molecule has 88 valence electrons. The second-order valence-electron chi connectivity index (χ2n) is 4.38. The van der Waals surface area contributed by atoms with Crippen LogP contribution in [-0.4, -0.2) is 10.9 Å². The maximum absolute atomic E-state index is 8.99. The Bertz CT molecular complexity index is 348. The van der Waals surface area contributed by atoms with E-state index in [0.717, 1.165) is 21.4 Å². The summed E-state index contributed by atoms with van der Waals surface area (Å²) in [5.74, 6) is 2.05. The van der Waals surface area contributed by atoms with Crippen LogP contribution in [0.3, 0.4) is 0 Å². The minimum absolute atomic E-state index is 0.0628. The van der Waals surface area contributed by atoms with Gasteiger partial charge in [-0.05, 0) is 36.5 Å². The van der Waals surface area contributed by atoms with Gasteiger partial charge in [-0.1, -0.05) is 30.5 Å². The third kappa shape index (κ3) is 3.16. The van der Waals surface area contributed by atoms with Crippen LogP contribution in [0, 0.1) is 5.92 Å². The first kappa shape index (κ1) is 12.3. The maximum Gasteiger partial charge on any atom is 0.0682 e. The van der Waals surface area contributed by atoms with E-state index < -0.39 is 0 Å². The molecule has 0 saturated heterocycles. The second kappa shape index (κ2) is 5.95. The number of halogens is 1. The molecule has 1 fully saturated rings. The number of aliphatic hydroxyl groups is 1. The topological polar surface area (TPSA) is 20.2 Å². The summed E-state index contributed by atoms with van der Waals surface area (Å²) >= 11 is 8.01. The van der Waals surface area contributed by atoms with Crippen molar-refractivity contribution in [2.45, 2.75) is 37.2 Å². The zero-order valence-electron chi connectivity index (χ0n) is 9.29. The van der Waals surface area contributed by atoms with Crippen LogP contribution in [0.4, 0.5) is 0 Å². The molecule has 3 heteroatoms. The second-order valence-corrected chi connectivity index (χ2v) is 5.85. The molecule has 16 heavy (non-hydrogen) atoms. The van der Waals surface area contributed by atoms with Gasteiger partial charge in [-0.3, -0.25) is 0 Å². The molecule has 0 bridgehead atoms. The van der Waals surface area contributed by atoms with Gasteiger partial charge in [0.25, 0.3) is 0 Å². The normalized spacial score (nSPS) is 16.9. The molecule has 0 aliphatic heterocycles. The summed E-state index contributed by atoms with van der Waals surface area (Å²) in [6.45, 7) is 0.0628. The first-order chi connectivity index (χ1) is 7.79. The Morgan fingerprint density at radius 3 is 2.69 bits per heavy atom. The van der Waals surface area contributed by atoms with E-state index in [-0.39, 0.29) is 6.61 Å². The van der Waals surface area contributed by atoms with Crippen molar-refractivity contribution in [3.05, 3.63) is 28.8 Å². The molecule has 1 aliphatic carbocycles. The molecule has 0 radical (unpaired) electrons. The Hall–Kier alpha value is -0.180. The molecule has 1 aliphatic rings. The summed E-state index contributed by atoms with van der Waals surface area (Å²) in [6.07, 6.45) is 5.53. The third-order valence-corrected chi connectivity index (χ3v) is 4.86. The van der Waals surface area contributed by atoms with Crippen molar-refractivity contribution in [3.8, 4) is 0 Å². The van der Waals surface area contributed by atoms with E-state index in [9.17, 15) is 0 Å². The Balaban J connectivity index is 1.93. The first-order valence-corrected chi connectivity index (χ1v) is 7.18. The van der Waals surface area contributed by atoms with E-state index >= 15 is 0 Å². The van der Waals surface area contributed by atoms with E-state index in [1.807, 2.05) is 30.0 Å². The maximum atomic E-state index is 8.99. The monoisotopic (exact) mass is 256 g/mol. The first-order valence-electron chi connectivity index (χ1n) is 5.81. The molecule has 2 rings (SSSR count). The van der Waals surface area contributed by atoms with Gasteiger partial charge in [0.05, 0.1) is 11.6 Å². The summed E-state index contributed by atoms with van der Waals surface area (Å²) in [7, 11) is 0. The average Bonchev–Trinajstić information content (AvgIpc) is 2.80. The van der Waals surface area contributed by atoms with Crippen molar-refractivity contribution < 1.29 is 5.11 Å². The van der Waals surface area contributed by atoms with Crippen molar-refractivity contribution in [2.24, 2.45) is 5.92 Å². The van der Waals surface area contributed by atoms with Gasteiger partial charge < -0.3 is 5.11 Å². The summed E-state index contributed by atoms with van der Waals surface area (Å²) < 4.78 is 0. The van der Waals surface area contributed by atoms with Gasteiger partial charge in [0.2, 0.25) is 0 Å². The lowest BCUT2D eigenvalue weighted by Gasteiger charge is -2.10. The van der Waals surface area contributed by atoms with E-state index in [4.69, 9.17) is 16.7 Å². The van der Waals surface area contributed by atoms with E-state index in [2.05, 4.69) is 0 Å². The Kier molecular flexibility index (Phi) is 4.56. The highest BCUT2D eigenvalue weighted by atomic mass is 35.5. The molecule has 0 amide bonds. The van der Waals surface area contributed by atoms with E-state index in [1.54, 1.807) is 0 Å². The Morgan fingerprint density at radius 1 is 1.31 bits per heavy atom. The smallest absolute Gasteiger partial charge is 0.0682 e. The van der Waals surface area contributed by atoms with Crippen LogP contribution in [0.2, 0.25) is 5.02 Å². The fraction of sp³-hybridized carbons (Fsp3) is 0.538. The summed E-state index contributed by atoms with van der Waals surface area (Å²) in [4.78, 5) is 1.14. The van der Waals surface area contributed by atoms with Crippen LogP contribution in [-0.2, 0) is 6.61 Å². The third-order valence-electron chi connectivity index (χ3n) is 3.13. The van der Waals surface area contributed by atoms with Crippen LogP contribution in [0.15, 0.2) is 23.1 Å². The van der Waals surface area contributed by atoms with Crippen molar-refractivity contribution in [1.29, 1.82) is 0 Å². The summed E-state index contributed by atoms with van der Waals surface area (Å²) in [5, 5.41) is 9.76. The number of benzene rings is 1. The quantitative estimate of drug-likeness (QED) is 0.818. The standard InChI is InChI=1S/C13H17ClOS/c14-12-7-11(8-15)5-6-13(12)16-9-10-3-1-2-4-10/h5-7,10,15H,1-4,8-9H2. The van der Waals surface area contributed by atoms with Gasteiger partial charge in [0.15, 0.2) is 0 Å². The van der Waals surface area contributed by atoms with Crippen LogP contribution in [0.25, 0.3) is 0 Å². The van der Waals surface area contributed by atoms with Gasteiger partial charge in [0.1, 0.15) is 0 Å². The van der Waals surface area contributed by atoms with Crippen LogP contribution < -0.4 is 0 Å². The van der Waals surface area contributed by atoms with Crippen LogP contribution >= 0.6 is 23.4 Å². The molecule has 0 spiro atoms. The molecule has 1 N–H and O–H groups in total. The molecule has 0 aromatic heterocycles. The molecule has 0 atom stereocenters. The molecule has 0 heterocycles. The van der Waals surface area contributed by atoms with Gasteiger partial charge >= 0.3 is 0 Å². The fourth-order valence-corrected chi connectivity index (χ4v) is 3.62. The Morgan fingerprint density at radius 2 is 2.06 bits per heavy atom. The average molecular weight is 257 g/mol. The lowest BCUT2D eigenvalue weighted by molar-refractivity contribution is 0.282. The zero-order valence-corrected chi connectivity index (χ0v) is 10.9. The molecule has 1 nitrogen and oxygen atoms in total. The van der Waals surface area contributed by atoms with Gasteiger partial charge in [-0.2, -0.15) is 0 Å². The molecule has 0 unspecified atom stereocenters. The minimum atomic E-state index is 0.0628. The predicted octanol–water partition coefficient (Wildman–Crippen LogP) is 4.11. The molecular formula is C13H17ClOS. The van der Waals surface area contributed by atoms with Gasteiger partial charge in [-0.15, -0.1) is 11.8 Å². The van der Waals surface area contributed by atoms with Crippen LogP contribution in [0.1, 0.15) is 31.2 Å². The van der Waals surface area contributed by atoms with E-state index in [0.29, 0.717) is 0 Å². The SMILES string of the molecule is OCc1ccc(SCC2CCCC2)c(Cl)c1. The minimum Gasteiger partial charge on any atom is -0.392 e. The highest BCUT2D eigenvalue weighted by Gasteiger charge is 2.15.